The average molecular weight is 510 g/mol. The number of benzene rings is 1. The third kappa shape index (κ3) is 6.76. The number of nitrogens with one attached hydrogen (secondary N) is 1. The van der Waals surface area contributed by atoms with Crippen molar-refractivity contribution in [1.82, 2.24) is 24.7 Å². The number of imidazole rings is 1. The summed E-state index contributed by atoms with van der Waals surface area (Å²) in [5.74, 6) is 0.356. The van der Waals surface area contributed by atoms with Crippen LogP contribution in [0.1, 0.15) is 16.1 Å². The van der Waals surface area contributed by atoms with Crippen molar-refractivity contribution in [3.63, 3.8) is 0 Å². The monoisotopic (exact) mass is 509 g/mol. The number of nitrogens with zero attached hydrogens (tertiary/aromatic N) is 4. The highest BCUT2D eigenvalue weighted by Gasteiger charge is 2.56. The molecule has 2 unspecified atom stereocenters. The largest absolute Gasteiger partial charge is 0.573 e. The number of likely N-dealkylation sites (tertiary alicyclic amines) is 1. The minimum Gasteiger partial charge on any atom is -0.406 e. The maximum absolute atomic E-state index is 13.3. The van der Waals surface area contributed by atoms with Crippen LogP contribution in [0.25, 0.3) is 0 Å². The second-order valence-corrected chi connectivity index (χ2v) is 9.33. The molecule has 2 aliphatic rings. The van der Waals surface area contributed by atoms with Crippen LogP contribution in [-0.4, -0.2) is 84.0 Å². The van der Waals surface area contributed by atoms with Crippen molar-refractivity contribution in [2.45, 2.75) is 12.9 Å². The van der Waals surface area contributed by atoms with E-state index in [1.165, 1.54) is 24.5 Å². The molecule has 1 saturated carbocycles. The maximum Gasteiger partial charge on any atom is 0.573 e. The number of rotatable bonds is 11. The van der Waals surface area contributed by atoms with Crippen LogP contribution in [0.15, 0.2) is 36.8 Å². The van der Waals surface area contributed by atoms with Gasteiger partial charge in [0.05, 0.1) is 19.5 Å². The molecule has 2 aromatic rings. The van der Waals surface area contributed by atoms with Crippen molar-refractivity contribution in [2.24, 2.45) is 24.8 Å². The van der Waals surface area contributed by atoms with E-state index in [2.05, 4.69) is 19.9 Å². The van der Waals surface area contributed by atoms with Crippen LogP contribution < -0.4 is 10.1 Å². The zero-order valence-electron chi connectivity index (χ0n) is 20.2. The molecule has 4 rings (SSSR count). The van der Waals surface area contributed by atoms with Crippen LogP contribution in [0, 0.1) is 17.8 Å². The predicted molar refractivity (Wildman–Crippen MR) is 123 cm³/mol. The Labute approximate surface area is 207 Å². The zero-order chi connectivity index (χ0) is 25.9. The Balaban J connectivity index is 1.38. The van der Waals surface area contributed by atoms with Gasteiger partial charge < -0.3 is 24.3 Å². The number of hydrogen-bond donors (Lipinski definition) is 1. The zero-order valence-corrected chi connectivity index (χ0v) is 20.2. The highest BCUT2D eigenvalue weighted by Crippen LogP contribution is 2.52. The van der Waals surface area contributed by atoms with Gasteiger partial charge in [0.2, 0.25) is 5.91 Å². The van der Waals surface area contributed by atoms with Gasteiger partial charge in [-0.2, -0.15) is 0 Å². The van der Waals surface area contributed by atoms with E-state index >= 15 is 0 Å². The second kappa shape index (κ2) is 10.9. The topological polar surface area (TPSA) is 88.9 Å². The highest BCUT2D eigenvalue weighted by molar-refractivity contribution is 5.92. The number of ether oxygens (including phenoxy) is 2. The van der Waals surface area contributed by atoms with Crippen molar-refractivity contribution in [2.75, 3.05) is 46.4 Å². The molecule has 1 saturated heterocycles. The van der Waals surface area contributed by atoms with Crippen molar-refractivity contribution >= 4 is 11.8 Å². The quantitative estimate of drug-likeness (QED) is 0.466. The number of carbonyl (C=O) groups is 2. The molecule has 0 spiro atoms. The van der Waals surface area contributed by atoms with Crippen LogP contribution >= 0.6 is 0 Å². The Morgan fingerprint density at radius 1 is 1.25 bits per heavy atom. The molecule has 12 heteroatoms. The molecule has 2 fully saturated rings. The van der Waals surface area contributed by atoms with Crippen LogP contribution in [0.5, 0.6) is 5.75 Å². The Morgan fingerprint density at radius 3 is 2.64 bits per heavy atom. The number of methoxy groups -OCH3 is 1. The van der Waals surface area contributed by atoms with Crippen LogP contribution in [0.2, 0.25) is 0 Å². The summed E-state index contributed by atoms with van der Waals surface area (Å²) in [7, 11) is 3.34. The smallest absolute Gasteiger partial charge is 0.406 e. The van der Waals surface area contributed by atoms with Crippen LogP contribution in [-0.2, 0) is 23.1 Å². The summed E-state index contributed by atoms with van der Waals surface area (Å²) in [5.41, 5.74) is 0.807. The number of halogens is 3. The third-order valence-corrected chi connectivity index (χ3v) is 6.59. The molecule has 0 bridgehead atoms. The molecule has 0 radical (unpaired) electrons. The number of hydrogen-bond acceptors (Lipinski definition) is 6. The molecule has 1 aliphatic carbocycles. The minimum atomic E-state index is -4.79. The molecule has 196 valence electrons. The molecule has 1 N–H and O–H groups in total. The second-order valence-electron chi connectivity index (χ2n) is 9.33. The first kappa shape index (κ1) is 26.0. The van der Waals surface area contributed by atoms with Gasteiger partial charge in [0, 0.05) is 53.1 Å². The molecule has 36 heavy (non-hydrogen) atoms. The molecule has 1 aromatic carbocycles. The normalized spacial score (nSPS) is 21.2. The van der Waals surface area contributed by atoms with Gasteiger partial charge in [-0.1, -0.05) is 12.1 Å². The summed E-state index contributed by atoms with van der Waals surface area (Å²) in [6.45, 7) is 3.39. The van der Waals surface area contributed by atoms with Crippen molar-refractivity contribution in [3.8, 4) is 5.75 Å². The molecule has 9 nitrogen and oxygen atoms in total. The number of aryl methyl sites for hydroxylation is 1. The van der Waals surface area contributed by atoms with E-state index in [1.807, 2.05) is 0 Å². The summed E-state index contributed by atoms with van der Waals surface area (Å²) in [6.07, 6.45) is -1.64. The molecule has 1 aliphatic heterocycles. The molecule has 2 amide bonds. The highest BCUT2D eigenvalue weighted by atomic mass is 19.4. The lowest BCUT2D eigenvalue weighted by Gasteiger charge is -2.25. The molecular weight excluding hydrogens is 479 g/mol. The number of aromatic nitrogens is 2. The fourth-order valence-electron chi connectivity index (χ4n) is 4.91. The van der Waals surface area contributed by atoms with Gasteiger partial charge in [0.15, 0.2) is 0 Å². The van der Waals surface area contributed by atoms with E-state index in [0.717, 1.165) is 13.1 Å². The molecule has 2 heterocycles. The fraction of sp³-hybridized carbons (Fsp3) is 0.542. The lowest BCUT2D eigenvalue weighted by atomic mass is 10.1. The minimum absolute atomic E-state index is 0.0437. The SMILES string of the molecule is COCCNC(=O)CN1CC2C(C1)C2CN(Cc1cccc(OC(F)(F)F)c1)C(=O)c1cn(C)cn1. The van der Waals surface area contributed by atoms with Gasteiger partial charge >= 0.3 is 6.36 Å². The Hall–Kier alpha value is -3.12. The first-order valence-electron chi connectivity index (χ1n) is 11.7. The van der Waals surface area contributed by atoms with Gasteiger partial charge in [-0.15, -0.1) is 13.2 Å². The Kier molecular flexibility index (Phi) is 7.84. The summed E-state index contributed by atoms with van der Waals surface area (Å²) in [5, 5.41) is 2.82. The van der Waals surface area contributed by atoms with Gasteiger partial charge in [0.25, 0.3) is 5.91 Å². The van der Waals surface area contributed by atoms with E-state index in [-0.39, 0.29) is 35.7 Å². The fourth-order valence-corrected chi connectivity index (χ4v) is 4.91. The number of carbonyl (C=O) groups excluding carboxylic acids is 2. The number of fused-ring (bicyclic) bond motifs is 1. The molecular formula is C24H30F3N5O4. The van der Waals surface area contributed by atoms with Crippen molar-refractivity contribution < 1.29 is 32.2 Å². The van der Waals surface area contributed by atoms with E-state index in [0.29, 0.717) is 43.6 Å². The first-order valence-corrected chi connectivity index (χ1v) is 11.7. The van der Waals surface area contributed by atoms with E-state index < -0.39 is 6.36 Å². The summed E-state index contributed by atoms with van der Waals surface area (Å²) in [6, 6.07) is 5.66. The predicted octanol–water partition coefficient (Wildman–Crippen LogP) is 1.90. The van der Waals surface area contributed by atoms with E-state index in [4.69, 9.17) is 4.74 Å². The van der Waals surface area contributed by atoms with Crippen molar-refractivity contribution in [1.29, 1.82) is 0 Å². The van der Waals surface area contributed by atoms with Gasteiger partial charge in [0.1, 0.15) is 11.4 Å². The van der Waals surface area contributed by atoms with E-state index in [1.54, 1.807) is 35.9 Å². The lowest BCUT2D eigenvalue weighted by Crippen LogP contribution is -2.39. The third-order valence-electron chi connectivity index (χ3n) is 6.59. The van der Waals surface area contributed by atoms with Crippen molar-refractivity contribution in [3.05, 3.63) is 48.0 Å². The molecule has 2 atom stereocenters. The summed E-state index contributed by atoms with van der Waals surface area (Å²) in [4.78, 5) is 33.2. The van der Waals surface area contributed by atoms with Crippen LogP contribution in [0.3, 0.4) is 0 Å². The first-order chi connectivity index (χ1) is 17.1. The standard InChI is InChI=1S/C24H30F3N5O4/c1-30-13-21(29-15-30)23(34)32(9-16-4-3-5-17(8-16)36-24(25,26)27)12-20-18-10-31(11-19(18)20)14-22(33)28-6-7-35-2/h3-5,8,13,15,18-20H,6-7,9-12,14H2,1-2H3,(H,28,33). The Bertz CT molecular complexity index is 1060. The number of piperidine rings is 1. The number of alkyl halides is 3. The van der Waals surface area contributed by atoms with E-state index in [9.17, 15) is 22.8 Å². The van der Waals surface area contributed by atoms with Gasteiger partial charge in [-0.05, 0) is 35.4 Å². The average Bonchev–Trinajstić information content (AvgIpc) is 3.13. The number of amides is 2. The lowest BCUT2D eigenvalue weighted by molar-refractivity contribution is -0.274. The molecule has 1 aromatic heterocycles. The maximum atomic E-state index is 13.3. The van der Waals surface area contributed by atoms with Gasteiger partial charge in [-0.3, -0.25) is 14.5 Å². The summed E-state index contributed by atoms with van der Waals surface area (Å²) >= 11 is 0. The summed E-state index contributed by atoms with van der Waals surface area (Å²) < 4.78 is 48.6. The Morgan fingerprint density at radius 2 is 2.00 bits per heavy atom. The van der Waals surface area contributed by atoms with Crippen LogP contribution in [0.4, 0.5) is 13.2 Å². The van der Waals surface area contributed by atoms with Gasteiger partial charge in [-0.25, -0.2) is 4.98 Å².